The number of hydrogen-bond donors (Lipinski definition) is 1. The van der Waals surface area contributed by atoms with Crippen molar-refractivity contribution in [1.29, 1.82) is 0 Å². The van der Waals surface area contributed by atoms with Crippen LogP contribution in [0, 0.1) is 0 Å². The number of aryl methyl sites for hydroxylation is 1. The highest BCUT2D eigenvalue weighted by molar-refractivity contribution is 7.89. The van der Waals surface area contributed by atoms with E-state index >= 15 is 0 Å². The fraction of sp³-hybridized carbons (Fsp3) is 0.458. The van der Waals surface area contributed by atoms with Gasteiger partial charge in [0, 0.05) is 26.6 Å². The van der Waals surface area contributed by atoms with Gasteiger partial charge >= 0.3 is 0 Å². The van der Waals surface area contributed by atoms with Crippen LogP contribution in [0.2, 0.25) is 0 Å². The van der Waals surface area contributed by atoms with Crippen LogP contribution >= 0.6 is 0 Å². The van der Waals surface area contributed by atoms with E-state index in [1.165, 1.54) is 37.1 Å². The first-order valence-corrected chi connectivity index (χ1v) is 11.9. The van der Waals surface area contributed by atoms with Gasteiger partial charge in [-0.15, -0.1) is 0 Å². The number of sulfonamides is 1. The van der Waals surface area contributed by atoms with E-state index in [4.69, 9.17) is 4.74 Å². The standard InChI is InChI=1S/C24H34N2O4S/c1-18(17-24(2,3)20-10-8-7-9-11-20)25-23(27)15-12-19-16-21(13-14-22(19)30-6)31(28,29)26(4)5/h7-11,13-14,16,18H,12,15,17H2,1-6H3,(H,25,27)/t18-/m0/s1. The zero-order valence-corrected chi connectivity index (χ0v) is 20.1. The summed E-state index contributed by atoms with van der Waals surface area (Å²) in [6.45, 7) is 6.35. The van der Waals surface area contributed by atoms with Gasteiger partial charge in [-0.2, -0.15) is 0 Å². The van der Waals surface area contributed by atoms with E-state index in [1.807, 2.05) is 25.1 Å². The predicted octanol–water partition coefficient (Wildman–Crippen LogP) is 3.75. The first-order valence-electron chi connectivity index (χ1n) is 10.4. The van der Waals surface area contributed by atoms with Crippen LogP contribution in [-0.4, -0.2) is 45.9 Å². The summed E-state index contributed by atoms with van der Waals surface area (Å²) >= 11 is 0. The molecule has 0 unspecified atom stereocenters. The van der Waals surface area contributed by atoms with Crippen LogP contribution < -0.4 is 10.1 Å². The van der Waals surface area contributed by atoms with Crippen LogP contribution in [0.1, 0.15) is 44.7 Å². The van der Waals surface area contributed by atoms with Gasteiger partial charge < -0.3 is 10.1 Å². The number of benzene rings is 2. The molecule has 0 aliphatic carbocycles. The molecule has 7 heteroatoms. The van der Waals surface area contributed by atoms with E-state index in [-0.39, 0.29) is 28.7 Å². The molecule has 2 aromatic carbocycles. The Balaban J connectivity index is 2.02. The normalized spacial score (nSPS) is 13.1. The Labute approximate surface area is 186 Å². The minimum absolute atomic E-state index is 0.00468. The van der Waals surface area contributed by atoms with Gasteiger partial charge in [0.25, 0.3) is 0 Å². The van der Waals surface area contributed by atoms with Gasteiger partial charge in [0.2, 0.25) is 15.9 Å². The van der Waals surface area contributed by atoms with Crippen LogP contribution in [0.5, 0.6) is 5.75 Å². The Hall–Kier alpha value is -2.38. The van der Waals surface area contributed by atoms with Crippen molar-refractivity contribution in [3.05, 3.63) is 59.7 Å². The van der Waals surface area contributed by atoms with Gasteiger partial charge in [-0.25, -0.2) is 12.7 Å². The lowest BCUT2D eigenvalue weighted by molar-refractivity contribution is -0.121. The highest BCUT2D eigenvalue weighted by atomic mass is 32.2. The Bertz CT molecular complexity index is 986. The third-order valence-electron chi connectivity index (χ3n) is 5.43. The molecule has 0 heterocycles. The van der Waals surface area contributed by atoms with Crippen LogP contribution in [0.25, 0.3) is 0 Å². The minimum atomic E-state index is -3.55. The van der Waals surface area contributed by atoms with Gasteiger partial charge in [-0.1, -0.05) is 44.2 Å². The number of nitrogens with zero attached hydrogens (tertiary/aromatic N) is 1. The molecule has 31 heavy (non-hydrogen) atoms. The van der Waals surface area contributed by atoms with E-state index in [0.717, 1.165) is 6.42 Å². The second-order valence-corrected chi connectivity index (χ2v) is 10.8. The number of methoxy groups -OCH3 is 1. The van der Waals surface area contributed by atoms with Crippen molar-refractivity contribution >= 4 is 15.9 Å². The van der Waals surface area contributed by atoms with E-state index in [0.29, 0.717) is 17.7 Å². The fourth-order valence-corrected chi connectivity index (χ4v) is 4.69. The zero-order chi connectivity index (χ0) is 23.2. The molecule has 1 N–H and O–H groups in total. The number of nitrogens with one attached hydrogen (secondary N) is 1. The maximum Gasteiger partial charge on any atom is 0.242 e. The number of amides is 1. The molecule has 2 rings (SSSR count). The molecular weight excluding hydrogens is 412 g/mol. The summed E-state index contributed by atoms with van der Waals surface area (Å²) < 4.78 is 31.4. The monoisotopic (exact) mass is 446 g/mol. The van der Waals surface area contributed by atoms with Gasteiger partial charge in [0.15, 0.2) is 0 Å². The third kappa shape index (κ3) is 6.55. The molecule has 0 saturated heterocycles. The van der Waals surface area contributed by atoms with Crippen LogP contribution in [0.4, 0.5) is 0 Å². The van der Waals surface area contributed by atoms with E-state index in [9.17, 15) is 13.2 Å². The SMILES string of the molecule is COc1ccc(S(=O)(=O)N(C)C)cc1CCC(=O)N[C@@H](C)CC(C)(C)c1ccccc1. The Morgan fingerprint density at radius 1 is 1.13 bits per heavy atom. The van der Waals surface area contributed by atoms with Crippen LogP contribution in [0.3, 0.4) is 0 Å². The van der Waals surface area contributed by atoms with Gasteiger partial charge in [-0.05, 0) is 54.5 Å². The molecule has 0 bridgehead atoms. The molecule has 170 valence electrons. The maximum atomic E-state index is 12.6. The van der Waals surface area contributed by atoms with E-state index < -0.39 is 10.0 Å². The number of hydrogen-bond acceptors (Lipinski definition) is 4. The molecule has 1 atom stereocenters. The number of ether oxygens (including phenoxy) is 1. The Morgan fingerprint density at radius 2 is 1.77 bits per heavy atom. The van der Waals surface area contributed by atoms with Crippen molar-refractivity contribution < 1.29 is 17.9 Å². The first kappa shape index (κ1) is 24.9. The lowest BCUT2D eigenvalue weighted by Gasteiger charge is -2.29. The largest absolute Gasteiger partial charge is 0.496 e. The predicted molar refractivity (Wildman–Crippen MR) is 124 cm³/mol. The van der Waals surface area contributed by atoms with Crippen molar-refractivity contribution in [2.24, 2.45) is 0 Å². The fourth-order valence-electron chi connectivity index (χ4n) is 3.74. The molecule has 0 fully saturated rings. The molecular formula is C24H34N2O4S. The number of carbonyl (C=O) groups excluding carboxylic acids is 1. The molecule has 2 aromatic rings. The van der Waals surface area contributed by atoms with E-state index in [2.05, 4.69) is 31.3 Å². The van der Waals surface area contributed by atoms with Crippen molar-refractivity contribution in [3.63, 3.8) is 0 Å². The topological polar surface area (TPSA) is 75.7 Å². The quantitative estimate of drug-likeness (QED) is 0.603. The van der Waals surface area contributed by atoms with Crippen molar-refractivity contribution in [2.75, 3.05) is 21.2 Å². The molecule has 0 aliphatic heterocycles. The smallest absolute Gasteiger partial charge is 0.242 e. The first-order chi connectivity index (χ1) is 14.5. The van der Waals surface area contributed by atoms with Gasteiger partial charge in [0.1, 0.15) is 5.75 Å². The summed E-state index contributed by atoms with van der Waals surface area (Å²) in [5.74, 6) is 0.503. The molecule has 0 saturated carbocycles. The summed E-state index contributed by atoms with van der Waals surface area (Å²) in [6, 6.07) is 15.0. The zero-order valence-electron chi connectivity index (χ0n) is 19.3. The van der Waals surface area contributed by atoms with Gasteiger partial charge in [-0.3, -0.25) is 4.79 Å². The van der Waals surface area contributed by atoms with Crippen molar-refractivity contribution in [3.8, 4) is 5.75 Å². The lowest BCUT2D eigenvalue weighted by Crippen LogP contribution is -2.37. The van der Waals surface area contributed by atoms with Crippen LogP contribution in [0.15, 0.2) is 53.4 Å². The highest BCUT2D eigenvalue weighted by Gasteiger charge is 2.24. The van der Waals surface area contributed by atoms with E-state index in [1.54, 1.807) is 12.1 Å². The Kier molecular flexibility index (Phi) is 8.26. The summed E-state index contributed by atoms with van der Waals surface area (Å²) in [5.41, 5.74) is 1.86. The summed E-state index contributed by atoms with van der Waals surface area (Å²) in [4.78, 5) is 12.7. The third-order valence-corrected chi connectivity index (χ3v) is 7.24. The number of rotatable bonds is 10. The molecule has 0 aromatic heterocycles. The summed E-state index contributed by atoms with van der Waals surface area (Å²) in [6.07, 6.45) is 1.45. The average Bonchev–Trinajstić information content (AvgIpc) is 2.72. The summed E-state index contributed by atoms with van der Waals surface area (Å²) in [7, 11) is 0.965. The number of carbonyl (C=O) groups is 1. The molecule has 6 nitrogen and oxygen atoms in total. The molecule has 0 aliphatic rings. The van der Waals surface area contributed by atoms with Crippen molar-refractivity contribution in [1.82, 2.24) is 9.62 Å². The van der Waals surface area contributed by atoms with Crippen LogP contribution in [-0.2, 0) is 26.7 Å². The molecule has 0 radical (unpaired) electrons. The lowest BCUT2D eigenvalue weighted by atomic mass is 9.79. The summed E-state index contributed by atoms with van der Waals surface area (Å²) in [5, 5.41) is 3.07. The Morgan fingerprint density at radius 3 is 2.35 bits per heavy atom. The average molecular weight is 447 g/mol. The molecule has 0 spiro atoms. The maximum absolute atomic E-state index is 12.6. The van der Waals surface area contributed by atoms with Crippen molar-refractivity contribution in [2.45, 2.75) is 56.4 Å². The van der Waals surface area contributed by atoms with Gasteiger partial charge in [0.05, 0.1) is 12.0 Å². The highest BCUT2D eigenvalue weighted by Crippen LogP contribution is 2.28. The molecule has 1 amide bonds. The second kappa shape index (κ2) is 10.3. The second-order valence-electron chi connectivity index (χ2n) is 8.68. The minimum Gasteiger partial charge on any atom is -0.496 e.